The molecule has 0 aliphatic carbocycles. The van der Waals surface area contributed by atoms with Crippen molar-refractivity contribution in [1.29, 1.82) is 0 Å². The lowest BCUT2D eigenvalue weighted by Gasteiger charge is -2.40. The van der Waals surface area contributed by atoms with Crippen molar-refractivity contribution in [3.8, 4) is 0 Å². The van der Waals surface area contributed by atoms with Crippen LogP contribution < -0.4 is 5.73 Å². The van der Waals surface area contributed by atoms with Crippen LogP contribution in [0.15, 0.2) is 0 Å². The van der Waals surface area contributed by atoms with Crippen molar-refractivity contribution < 1.29 is 0 Å². The molecule has 2 fully saturated rings. The lowest BCUT2D eigenvalue weighted by molar-refractivity contribution is 0.108. The molecule has 2 aliphatic rings. The second-order valence-electron chi connectivity index (χ2n) is 5.74. The molecule has 2 nitrogen and oxygen atoms in total. The number of rotatable bonds is 3. The maximum Gasteiger partial charge on any atom is 0.00989 e. The third kappa shape index (κ3) is 2.07. The van der Waals surface area contributed by atoms with Gasteiger partial charge in [-0.2, -0.15) is 0 Å². The number of hydrogen-bond acceptors (Lipinski definition) is 2. The molecule has 2 bridgehead atoms. The summed E-state index contributed by atoms with van der Waals surface area (Å²) >= 11 is 0. The fourth-order valence-electron chi connectivity index (χ4n) is 3.50. The molecule has 0 saturated carbocycles. The zero-order valence-electron chi connectivity index (χ0n) is 10.4. The third-order valence-corrected chi connectivity index (χ3v) is 4.98. The Hall–Kier alpha value is -0.0800. The van der Waals surface area contributed by atoms with E-state index < -0.39 is 0 Å². The van der Waals surface area contributed by atoms with E-state index in [1.807, 2.05) is 0 Å². The van der Waals surface area contributed by atoms with Gasteiger partial charge in [-0.15, -0.1) is 0 Å². The van der Waals surface area contributed by atoms with Crippen molar-refractivity contribution in [3.05, 3.63) is 0 Å². The second kappa shape index (κ2) is 4.42. The highest BCUT2D eigenvalue weighted by molar-refractivity contribution is 4.96. The molecular weight excluding hydrogens is 184 g/mol. The van der Waals surface area contributed by atoms with Crippen LogP contribution in [0, 0.1) is 11.8 Å². The molecular formula is C13H26N2. The molecule has 4 unspecified atom stereocenters. The Morgan fingerprint density at radius 2 is 1.80 bits per heavy atom. The lowest BCUT2D eigenvalue weighted by atomic mass is 9.80. The van der Waals surface area contributed by atoms with Gasteiger partial charge in [-0.3, -0.25) is 0 Å². The molecule has 4 atom stereocenters. The molecule has 0 aromatic carbocycles. The Bertz CT molecular complexity index is 203. The second-order valence-corrected chi connectivity index (χ2v) is 5.74. The van der Waals surface area contributed by atoms with Gasteiger partial charge in [-0.25, -0.2) is 0 Å². The van der Waals surface area contributed by atoms with Crippen LogP contribution in [-0.4, -0.2) is 30.1 Å². The number of hydrogen-bond donors (Lipinski definition) is 1. The maximum absolute atomic E-state index is 6.38. The zero-order valence-corrected chi connectivity index (χ0v) is 10.4. The van der Waals surface area contributed by atoms with Crippen molar-refractivity contribution in [2.24, 2.45) is 17.6 Å². The van der Waals surface area contributed by atoms with Crippen LogP contribution in [0.5, 0.6) is 0 Å². The van der Waals surface area contributed by atoms with Gasteiger partial charge in [0.25, 0.3) is 0 Å². The number of nitrogens with two attached hydrogens (primary N) is 1. The van der Waals surface area contributed by atoms with Gasteiger partial charge in [-0.05, 0) is 44.6 Å². The first-order chi connectivity index (χ1) is 7.13. The maximum atomic E-state index is 6.38. The molecule has 15 heavy (non-hydrogen) atoms. The molecule has 0 aromatic heterocycles. The summed E-state index contributed by atoms with van der Waals surface area (Å²) in [5.41, 5.74) is 6.38. The topological polar surface area (TPSA) is 29.3 Å². The molecule has 0 spiro atoms. The quantitative estimate of drug-likeness (QED) is 0.774. The molecule has 2 heterocycles. The zero-order chi connectivity index (χ0) is 11.0. The largest absolute Gasteiger partial charge is 0.327 e. The fourth-order valence-corrected chi connectivity index (χ4v) is 3.50. The van der Waals surface area contributed by atoms with E-state index in [-0.39, 0.29) is 0 Å². The molecule has 2 N–H and O–H groups in total. The minimum atomic E-state index is 0.437. The van der Waals surface area contributed by atoms with E-state index in [1.165, 1.54) is 32.1 Å². The van der Waals surface area contributed by atoms with E-state index in [0.29, 0.717) is 12.0 Å². The van der Waals surface area contributed by atoms with Crippen LogP contribution in [0.3, 0.4) is 0 Å². The van der Waals surface area contributed by atoms with E-state index in [9.17, 15) is 0 Å². The highest BCUT2D eigenvalue weighted by atomic mass is 15.2. The average Bonchev–Trinajstić information content (AvgIpc) is 2.50. The number of nitrogens with zero attached hydrogens (tertiary/aromatic N) is 1. The van der Waals surface area contributed by atoms with Crippen molar-refractivity contribution >= 4 is 0 Å². The van der Waals surface area contributed by atoms with Crippen LogP contribution in [0.4, 0.5) is 0 Å². The van der Waals surface area contributed by atoms with Gasteiger partial charge >= 0.3 is 0 Å². The summed E-state index contributed by atoms with van der Waals surface area (Å²) in [7, 11) is 2.30. The monoisotopic (exact) mass is 210 g/mol. The Balaban J connectivity index is 1.96. The summed E-state index contributed by atoms with van der Waals surface area (Å²) in [5, 5.41) is 0. The summed E-state index contributed by atoms with van der Waals surface area (Å²) < 4.78 is 0. The minimum absolute atomic E-state index is 0.437. The molecule has 2 aliphatic heterocycles. The van der Waals surface area contributed by atoms with E-state index >= 15 is 0 Å². The third-order valence-electron chi connectivity index (χ3n) is 4.98. The predicted octanol–water partition coefficient (Wildman–Crippen LogP) is 2.23. The Labute approximate surface area is 94.2 Å². The molecule has 2 heteroatoms. The summed E-state index contributed by atoms with van der Waals surface area (Å²) in [6, 6.07) is 2.11. The van der Waals surface area contributed by atoms with E-state index in [2.05, 4.69) is 25.8 Å². The van der Waals surface area contributed by atoms with Gasteiger partial charge in [0, 0.05) is 18.1 Å². The first-order valence-electron chi connectivity index (χ1n) is 6.61. The highest BCUT2D eigenvalue weighted by Crippen LogP contribution is 2.39. The molecule has 0 radical (unpaired) electrons. The Morgan fingerprint density at radius 1 is 1.27 bits per heavy atom. The molecule has 0 amide bonds. The van der Waals surface area contributed by atoms with Crippen LogP contribution in [0.25, 0.3) is 0 Å². The normalized spacial score (nSPS) is 40.4. The van der Waals surface area contributed by atoms with Gasteiger partial charge in [0.2, 0.25) is 0 Å². The van der Waals surface area contributed by atoms with Gasteiger partial charge in [0.15, 0.2) is 0 Å². The van der Waals surface area contributed by atoms with Crippen LogP contribution in [0.2, 0.25) is 0 Å². The minimum Gasteiger partial charge on any atom is -0.327 e. The summed E-state index contributed by atoms with van der Waals surface area (Å²) in [4.78, 5) is 2.60. The van der Waals surface area contributed by atoms with Crippen molar-refractivity contribution in [2.75, 3.05) is 7.05 Å². The Kier molecular flexibility index (Phi) is 3.36. The van der Waals surface area contributed by atoms with Crippen LogP contribution in [-0.2, 0) is 0 Å². The standard InChI is InChI=1S/C13H26N2/c1-4-9(2)13(14)10-7-11-5-6-12(8-10)15(11)3/h9-13H,4-8,14H2,1-3H3. The lowest BCUT2D eigenvalue weighted by Crippen LogP contribution is -2.47. The molecule has 2 saturated heterocycles. The number of piperidine rings is 1. The predicted molar refractivity (Wildman–Crippen MR) is 64.7 cm³/mol. The Morgan fingerprint density at radius 3 is 2.27 bits per heavy atom. The first kappa shape index (κ1) is 11.4. The molecule has 88 valence electrons. The van der Waals surface area contributed by atoms with Crippen molar-refractivity contribution in [3.63, 3.8) is 0 Å². The van der Waals surface area contributed by atoms with Gasteiger partial charge in [0.05, 0.1) is 0 Å². The average molecular weight is 210 g/mol. The summed E-state index contributed by atoms with van der Waals surface area (Å²) in [6.45, 7) is 4.57. The van der Waals surface area contributed by atoms with E-state index in [4.69, 9.17) is 5.73 Å². The van der Waals surface area contributed by atoms with Crippen LogP contribution >= 0.6 is 0 Å². The van der Waals surface area contributed by atoms with Crippen LogP contribution in [0.1, 0.15) is 46.0 Å². The SMILES string of the molecule is CCC(C)C(N)C1CC2CCC(C1)N2C. The fraction of sp³-hybridized carbons (Fsp3) is 1.00. The number of fused-ring (bicyclic) bond motifs is 2. The van der Waals surface area contributed by atoms with E-state index in [0.717, 1.165) is 18.0 Å². The summed E-state index contributed by atoms with van der Waals surface area (Å²) in [5.74, 6) is 1.48. The van der Waals surface area contributed by atoms with Crippen molar-refractivity contribution in [1.82, 2.24) is 4.90 Å². The van der Waals surface area contributed by atoms with Gasteiger partial charge in [-0.1, -0.05) is 20.3 Å². The molecule has 0 aromatic rings. The van der Waals surface area contributed by atoms with E-state index in [1.54, 1.807) is 0 Å². The molecule has 2 rings (SSSR count). The van der Waals surface area contributed by atoms with Gasteiger partial charge < -0.3 is 10.6 Å². The first-order valence-corrected chi connectivity index (χ1v) is 6.61. The summed E-state index contributed by atoms with van der Waals surface area (Å²) in [6.07, 6.45) is 6.73. The van der Waals surface area contributed by atoms with Gasteiger partial charge in [0.1, 0.15) is 0 Å². The highest BCUT2D eigenvalue weighted by Gasteiger charge is 2.40. The van der Waals surface area contributed by atoms with Crippen molar-refractivity contribution in [2.45, 2.75) is 64.1 Å². The smallest absolute Gasteiger partial charge is 0.00989 e.